The van der Waals surface area contributed by atoms with E-state index in [1.54, 1.807) is 18.3 Å². The molecule has 1 aromatic carbocycles. The number of benzene rings is 1. The van der Waals surface area contributed by atoms with E-state index >= 15 is 0 Å². The van der Waals surface area contributed by atoms with Crippen LogP contribution in [-0.2, 0) is 6.54 Å². The van der Waals surface area contributed by atoms with Crippen molar-refractivity contribution < 1.29 is 4.79 Å². The van der Waals surface area contributed by atoms with Crippen LogP contribution in [0.3, 0.4) is 0 Å². The van der Waals surface area contributed by atoms with Crippen LogP contribution in [0, 0.1) is 13.8 Å². The molecule has 23 heavy (non-hydrogen) atoms. The SMILES string of the molecule is Cc1ncsc1-c1ccc(CNC(=O)c2[nH]c(=O)[nH]c2C)cc1. The van der Waals surface area contributed by atoms with Crippen LogP contribution in [0.5, 0.6) is 0 Å². The molecule has 0 atom stereocenters. The number of carbonyl (C=O) groups excluding carboxylic acids is 1. The molecule has 7 heteroatoms. The lowest BCUT2D eigenvalue weighted by Gasteiger charge is -2.06. The van der Waals surface area contributed by atoms with E-state index in [9.17, 15) is 9.59 Å². The number of nitrogens with one attached hydrogen (secondary N) is 3. The maximum Gasteiger partial charge on any atom is 0.323 e. The molecular weight excluding hydrogens is 312 g/mol. The van der Waals surface area contributed by atoms with Gasteiger partial charge in [-0.2, -0.15) is 0 Å². The second-order valence-electron chi connectivity index (χ2n) is 5.23. The summed E-state index contributed by atoms with van der Waals surface area (Å²) in [5, 5.41) is 2.80. The highest BCUT2D eigenvalue weighted by atomic mass is 32.1. The molecule has 0 bridgehead atoms. The Morgan fingerprint density at radius 1 is 1.22 bits per heavy atom. The molecule has 2 aromatic heterocycles. The number of hydrogen-bond acceptors (Lipinski definition) is 4. The highest BCUT2D eigenvalue weighted by molar-refractivity contribution is 7.13. The van der Waals surface area contributed by atoms with E-state index in [-0.39, 0.29) is 17.3 Å². The number of aromatic nitrogens is 3. The highest BCUT2D eigenvalue weighted by Gasteiger charge is 2.12. The van der Waals surface area contributed by atoms with E-state index in [2.05, 4.69) is 20.3 Å². The number of carbonyl (C=O) groups is 1. The van der Waals surface area contributed by atoms with E-state index in [0.29, 0.717) is 12.2 Å². The van der Waals surface area contributed by atoms with Gasteiger partial charge in [0.2, 0.25) is 0 Å². The van der Waals surface area contributed by atoms with E-state index in [0.717, 1.165) is 21.7 Å². The van der Waals surface area contributed by atoms with Crippen LogP contribution in [0.2, 0.25) is 0 Å². The van der Waals surface area contributed by atoms with Gasteiger partial charge in [-0.3, -0.25) is 4.79 Å². The van der Waals surface area contributed by atoms with Crippen molar-refractivity contribution in [2.75, 3.05) is 0 Å². The number of imidazole rings is 1. The predicted octanol–water partition coefficient (Wildman–Crippen LogP) is 2.37. The van der Waals surface area contributed by atoms with E-state index < -0.39 is 0 Å². The fourth-order valence-corrected chi connectivity index (χ4v) is 3.13. The molecule has 0 spiro atoms. The number of thiazole rings is 1. The summed E-state index contributed by atoms with van der Waals surface area (Å²) < 4.78 is 0. The quantitative estimate of drug-likeness (QED) is 0.687. The van der Waals surface area contributed by atoms with Crippen molar-refractivity contribution in [3.8, 4) is 10.4 Å². The predicted molar refractivity (Wildman–Crippen MR) is 89.6 cm³/mol. The molecule has 3 rings (SSSR count). The summed E-state index contributed by atoms with van der Waals surface area (Å²) in [6.45, 7) is 4.06. The number of aromatic amines is 2. The molecule has 2 heterocycles. The minimum Gasteiger partial charge on any atom is -0.347 e. The summed E-state index contributed by atoms with van der Waals surface area (Å²) in [6.07, 6.45) is 0. The Kier molecular flexibility index (Phi) is 4.12. The Labute approximate surface area is 136 Å². The number of amides is 1. The first kappa shape index (κ1) is 15.2. The molecule has 1 amide bonds. The molecule has 6 nitrogen and oxygen atoms in total. The molecule has 0 aliphatic carbocycles. The minimum absolute atomic E-state index is 0.270. The zero-order valence-electron chi connectivity index (χ0n) is 12.8. The van der Waals surface area contributed by atoms with Crippen molar-refractivity contribution in [3.63, 3.8) is 0 Å². The Morgan fingerprint density at radius 3 is 2.52 bits per heavy atom. The third-order valence-corrected chi connectivity index (χ3v) is 4.53. The Bertz CT molecular complexity index is 889. The molecule has 3 N–H and O–H groups in total. The van der Waals surface area contributed by atoms with Crippen molar-refractivity contribution in [2.24, 2.45) is 0 Å². The van der Waals surface area contributed by atoms with Gasteiger partial charge < -0.3 is 15.3 Å². The summed E-state index contributed by atoms with van der Waals surface area (Å²) in [6, 6.07) is 7.99. The van der Waals surface area contributed by atoms with E-state index in [4.69, 9.17) is 0 Å². The lowest BCUT2D eigenvalue weighted by Crippen LogP contribution is -2.24. The van der Waals surface area contributed by atoms with Crippen LogP contribution in [-0.4, -0.2) is 20.9 Å². The topological polar surface area (TPSA) is 90.6 Å². The van der Waals surface area contributed by atoms with Gasteiger partial charge in [0.05, 0.1) is 16.1 Å². The highest BCUT2D eigenvalue weighted by Crippen LogP contribution is 2.27. The molecule has 118 valence electrons. The number of aryl methyl sites for hydroxylation is 2. The second-order valence-corrected chi connectivity index (χ2v) is 6.08. The minimum atomic E-state index is -0.378. The summed E-state index contributed by atoms with van der Waals surface area (Å²) >= 11 is 1.61. The second kappa shape index (κ2) is 6.21. The van der Waals surface area contributed by atoms with E-state index in [1.165, 1.54) is 0 Å². The molecule has 0 saturated carbocycles. The monoisotopic (exact) mass is 328 g/mol. The van der Waals surface area contributed by atoms with Gasteiger partial charge in [0.25, 0.3) is 5.91 Å². The Morgan fingerprint density at radius 2 is 1.96 bits per heavy atom. The fourth-order valence-electron chi connectivity index (χ4n) is 2.32. The molecule has 0 radical (unpaired) electrons. The first-order valence-electron chi connectivity index (χ1n) is 7.11. The third kappa shape index (κ3) is 3.24. The lowest BCUT2D eigenvalue weighted by atomic mass is 10.1. The van der Waals surface area contributed by atoms with Gasteiger partial charge in [0, 0.05) is 12.2 Å². The molecule has 0 aliphatic heterocycles. The lowest BCUT2D eigenvalue weighted by molar-refractivity contribution is 0.0945. The maximum atomic E-state index is 12.0. The summed E-state index contributed by atoms with van der Waals surface area (Å²) in [5.74, 6) is -0.303. The summed E-state index contributed by atoms with van der Waals surface area (Å²) in [5.41, 5.74) is 5.37. The summed E-state index contributed by atoms with van der Waals surface area (Å²) in [4.78, 5) is 33.6. The number of rotatable bonds is 4. The molecule has 0 fully saturated rings. The van der Waals surface area contributed by atoms with Crippen molar-refractivity contribution in [2.45, 2.75) is 20.4 Å². The molecular formula is C16H16N4O2S. The first-order valence-corrected chi connectivity index (χ1v) is 7.99. The van der Waals surface area contributed by atoms with Gasteiger partial charge in [-0.1, -0.05) is 24.3 Å². The van der Waals surface area contributed by atoms with Gasteiger partial charge >= 0.3 is 5.69 Å². The summed E-state index contributed by atoms with van der Waals surface area (Å²) in [7, 11) is 0. The smallest absolute Gasteiger partial charge is 0.323 e. The van der Waals surface area contributed by atoms with Crippen LogP contribution in [0.4, 0.5) is 0 Å². The average molecular weight is 328 g/mol. The Hall–Kier alpha value is -2.67. The number of nitrogens with zero attached hydrogens (tertiary/aromatic N) is 1. The van der Waals surface area contributed by atoms with Crippen molar-refractivity contribution >= 4 is 17.2 Å². The first-order chi connectivity index (χ1) is 11.0. The molecule has 0 unspecified atom stereocenters. The standard InChI is InChI=1S/C16H16N4O2S/c1-9-13(20-16(22)19-9)15(21)17-7-11-3-5-12(6-4-11)14-10(2)18-8-23-14/h3-6,8H,7H2,1-2H3,(H,17,21)(H2,19,20,22). The van der Waals surface area contributed by atoms with Gasteiger partial charge in [0.1, 0.15) is 5.69 Å². The molecule has 0 aliphatic rings. The largest absolute Gasteiger partial charge is 0.347 e. The zero-order valence-corrected chi connectivity index (χ0v) is 13.6. The van der Waals surface area contributed by atoms with Crippen LogP contribution < -0.4 is 11.0 Å². The van der Waals surface area contributed by atoms with Crippen LogP contribution >= 0.6 is 11.3 Å². The van der Waals surface area contributed by atoms with Crippen LogP contribution in [0.1, 0.15) is 27.4 Å². The van der Waals surface area contributed by atoms with Gasteiger partial charge in [-0.05, 0) is 25.0 Å². The maximum absolute atomic E-state index is 12.0. The van der Waals surface area contributed by atoms with E-state index in [1.807, 2.05) is 36.7 Å². The van der Waals surface area contributed by atoms with Gasteiger partial charge in [-0.25, -0.2) is 9.78 Å². The van der Waals surface area contributed by atoms with Crippen molar-refractivity contribution in [1.82, 2.24) is 20.3 Å². The fraction of sp³-hybridized carbons (Fsp3) is 0.188. The van der Waals surface area contributed by atoms with Gasteiger partial charge in [0.15, 0.2) is 0 Å². The normalized spacial score (nSPS) is 10.7. The zero-order chi connectivity index (χ0) is 16.4. The third-order valence-electron chi connectivity index (χ3n) is 3.56. The number of H-pyrrole nitrogens is 2. The van der Waals surface area contributed by atoms with Gasteiger partial charge in [-0.15, -0.1) is 11.3 Å². The molecule has 3 aromatic rings. The Balaban J connectivity index is 1.67. The van der Waals surface area contributed by atoms with Crippen molar-refractivity contribution in [1.29, 1.82) is 0 Å². The molecule has 0 saturated heterocycles. The van der Waals surface area contributed by atoms with Crippen LogP contribution in [0.25, 0.3) is 10.4 Å². The average Bonchev–Trinajstić information content (AvgIpc) is 3.10. The van der Waals surface area contributed by atoms with Crippen molar-refractivity contribution in [3.05, 3.63) is 62.9 Å². The number of hydrogen-bond donors (Lipinski definition) is 3. The van der Waals surface area contributed by atoms with Crippen LogP contribution in [0.15, 0.2) is 34.6 Å².